The van der Waals surface area contributed by atoms with Crippen LogP contribution in [-0.2, 0) is 14.3 Å². The van der Waals surface area contributed by atoms with Crippen LogP contribution in [0.3, 0.4) is 0 Å². The van der Waals surface area contributed by atoms with Crippen LogP contribution in [0.1, 0.15) is 33.1 Å². The number of hydrogen-bond donors (Lipinski definition) is 1. The third-order valence-corrected chi connectivity index (χ3v) is 7.82. The van der Waals surface area contributed by atoms with E-state index in [1.807, 2.05) is 0 Å². The second kappa shape index (κ2) is 18.2. The molecule has 0 spiro atoms. The first-order chi connectivity index (χ1) is 28.2. The molecular formula is C28H18F34O4. The van der Waals surface area contributed by atoms with Crippen molar-refractivity contribution in [1.82, 2.24) is 0 Å². The van der Waals surface area contributed by atoms with E-state index >= 15 is 0 Å². The molecule has 0 atom stereocenters. The van der Waals surface area contributed by atoms with E-state index in [2.05, 4.69) is 11.3 Å². The van der Waals surface area contributed by atoms with Gasteiger partial charge in [-0.3, -0.25) is 0 Å². The van der Waals surface area contributed by atoms with E-state index in [0.717, 1.165) is 6.92 Å². The first kappa shape index (κ1) is 64.1. The van der Waals surface area contributed by atoms with Gasteiger partial charge in [0, 0.05) is 17.6 Å². The number of carboxylic acids is 1. The lowest BCUT2D eigenvalue weighted by molar-refractivity contribution is -0.461. The summed E-state index contributed by atoms with van der Waals surface area (Å²) in [6.07, 6.45) is -22.6. The number of carbonyl (C=O) groups excluding carboxylic acids is 1. The van der Waals surface area contributed by atoms with Crippen LogP contribution in [0, 0.1) is 0 Å². The molecule has 0 aliphatic heterocycles. The van der Waals surface area contributed by atoms with Crippen LogP contribution < -0.4 is 0 Å². The van der Waals surface area contributed by atoms with Gasteiger partial charge < -0.3 is 9.84 Å². The van der Waals surface area contributed by atoms with Crippen LogP contribution in [-0.4, -0.2) is 119 Å². The van der Waals surface area contributed by atoms with E-state index in [1.165, 1.54) is 0 Å². The lowest BCUT2D eigenvalue weighted by atomic mass is 9.88. The van der Waals surface area contributed by atoms with Gasteiger partial charge in [0.1, 0.15) is 0 Å². The van der Waals surface area contributed by atoms with Crippen molar-refractivity contribution in [2.24, 2.45) is 0 Å². The molecule has 0 aromatic heterocycles. The molecular weight excluding hydrogens is 1050 g/mol. The molecule has 392 valence electrons. The largest absolute Gasteiger partial charge is 0.478 e. The van der Waals surface area contributed by atoms with Crippen LogP contribution >= 0.6 is 0 Å². The Morgan fingerprint density at radius 2 is 0.636 bits per heavy atom. The van der Waals surface area contributed by atoms with Gasteiger partial charge in [0.2, 0.25) is 0 Å². The van der Waals surface area contributed by atoms with Crippen molar-refractivity contribution in [1.29, 1.82) is 0 Å². The van der Waals surface area contributed by atoms with E-state index in [1.54, 1.807) is 0 Å². The number of allylic oxidation sites excluding steroid dienone is 1. The van der Waals surface area contributed by atoms with Crippen molar-refractivity contribution in [3.8, 4) is 0 Å². The molecule has 38 heteroatoms. The zero-order valence-electron chi connectivity index (χ0n) is 30.6. The van der Waals surface area contributed by atoms with Crippen LogP contribution in [0.25, 0.3) is 0 Å². The van der Waals surface area contributed by atoms with Gasteiger partial charge in [-0.25, -0.2) is 9.59 Å². The summed E-state index contributed by atoms with van der Waals surface area (Å²) in [6.45, 7) is 2.35. The highest BCUT2D eigenvalue weighted by Crippen LogP contribution is 2.66. The highest BCUT2D eigenvalue weighted by Gasteiger charge is 2.96. The second-order valence-corrected chi connectivity index (χ2v) is 12.7. The molecule has 0 saturated carbocycles. The minimum atomic E-state index is -8.67. The molecule has 0 heterocycles. The Balaban J connectivity index is 0. The molecule has 0 aromatic carbocycles. The van der Waals surface area contributed by atoms with Crippen LogP contribution in [0.15, 0.2) is 23.8 Å². The molecule has 0 bridgehead atoms. The highest BCUT2D eigenvalue weighted by atomic mass is 19.4. The van der Waals surface area contributed by atoms with Crippen molar-refractivity contribution < 1.29 is 169 Å². The predicted molar refractivity (Wildman–Crippen MR) is 142 cm³/mol. The third-order valence-electron chi connectivity index (χ3n) is 7.82. The van der Waals surface area contributed by atoms with Crippen molar-refractivity contribution in [2.75, 3.05) is 6.61 Å². The average molecular weight is 1060 g/mol. The van der Waals surface area contributed by atoms with E-state index in [9.17, 15) is 159 Å². The maximum Gasteiger partial charge on any atom is 0.460 e. The third kappa shape index (κ3) is 10.1. The summed E-state index contributed by atoms with van der Waals surface area (Å²) in [6, 6.07) is 0. The summed E-state index contributed by atoms with van der Waals surface area (Å²) in [5.41, 5.74) is -1.47. The highest BCUT2D eigenvalue weighted by molar-refractivity contribution is 5.87. The number of carboxylic acid groups (broad SMARTS) is 1. The fourth-order valence-corrected chi connectivity index (χ4v) is 3.66. The Hall–Kier alpha value is -3.96. The summed E-state index contributed by atoms with van der Waals surface area (Å²) in [5, 5.41) is 8.38. The van der Waals surface area contributed by atoms with E-state index < -0.39 is 144 Å². The van der Waals surface area contributed by atoms with Gasteiger partial charge in [-0.15, -0.1) is 0 Å². The minimum absolute atomic E-state index is 0.148. The molecule has 4 nitrogen and oxygen atoms in total. The van der Waals surface area contributed by atoms with Gasteiger partial charge >= 0.3 is 107 Å². The monoisotopic (exact) mass is 1060 g/mol. The number of alkyl halides is 34. The molecule has 0 aliphatic carbocycles. The fourth-order valence-electron chi connectivity index (χ4n) is 3.66. The van der Waals surface area contributed by atoms with Crippen LogP contribution in [0.5, 0.6) is 0 Å². The molecule has 0 unspecified atom stereocenters. The fraction of sp³-hybridized carbons (Fsp3) is 0.786. The Morgan fingerprint density at radius 1 is 0.409 bits per heavy atom. The molecule has 0 saturated heterocycles. The number of esters is 1. The van der Waals surface area contributed by atoms with Crippen LogP contribution in [0.2, 0.25) is 0 Å². The molecule has 0 rings (SSSR count). The minimum Gasteiger partial charge on any atom is -0.478 e. The maximum absolute atomic E-state index is 13.5. The van der Waals surface area contributed by atoms with Crippen molar-refractivity contribution in [3.05, 3.63) is 23.8 Å². The van der Waals surface area contributed by atoms with Gasteiger partial charge in [0.15, 0.2) is 0 Å². The Morgan fingerprint density at radius 3 is 0.864 bits per heavy atom. The number of ether oxygens (including phenoxy) is 1. The Labute approximate surface area is 340 Å². The summed E-state index contributed by atoms with van der Waals surface area (Å²) in [4.78, 5) is 21.3. The standard InChI is InChI=1S/2C14H9F17O2/c1-5(2)6(32)33-4-3-7(15,16)8(17,18)9(19,20)10(21,22)11(23,24)12(25,26)13(27,28)14(29,30)31;1-5(6(32)33)3-2-4-7(15,16)8(17,18)9(19,20)10(21,22)11(23,24)12(25,26)13(27,28)14(29,30)31/h1,3-4H2,2H3;3H,2,4H2,1H3,(H,32,33). The number of rotatable bonds is 20. The van der Waals surface area contributed by atoms with Crippen LogP contribution in [0.4, 0.5) is 149 Å². The van der Waals surface area contributed by atoms with Gasteiger partial charge in [0.25, 0.3) is 0 Å². The Kier molecular flexibility index (Phi) is 17.7. The van der Waals surface area contributed by atoms with Gasteiger partial charge in [0.05, 0.1) is 13.0 Å². The second-order valence-electron chi connectivity index (χ2n) is 12.7. The van der Waals surface area contributed by atoms with Crippen molar-refractivity contribution in [3.63, 3.8) is 0 Å². The lowest BCUT2D eigenvalue weighted by Gasteiger charge is -2.42. The number of hydrogen-bond acceptors (Lipinski definition) is 3. The van der Waals surface area contributed by atoms with E-state index in [0.29, 0.717) is 6.92 Å². The maximum atomic E-state index is 13.5. The first-order valence-electron chi connectivity index (χ1n) is 15.3. The average Bonchev–Trinajstić information content (AvgIpc) is 3.09. The molecule has 1 N–H and O–H groups in total. The molecule has 0 amide bonds. The summed E-state index contributed by atoms with van der Waals surface area (Å²) >= 11 is 0. The molecule has 0 aliphatic rings. The normalized spacial score (nSPS) is 15.8. The van der Waals surface area contributed by atoms with E-state index in [4.69, 9.17) is 5.11 Å². The molecule has 0 radical (unpaired) electrons. The Bertz CT molecular complexity index is 1770. The first-order valence-corrected chi connectivity index (χ1v) is 15.3. The number of aliphatic carboxylic acids is 1. The zero-order valence-corrected chi connectivity index (χ0v) is 30.6. The molecule has 0 aromatic rings. The topological polar surface area (TPSA) is 63.6 Å². The number of halogens is 34. The smallest absolute Gasteiger partial charge is 0.460 e. The molecule has 66 heavy (non-hydrogen) atoms. The van der Waals surface area contributed by atoms with Crippen molar-refractivity contribution >= 4 is 11.9 Å². The quantitative estimate of drug-likeness (QED) is 0.0750. The van der Waals surface area contributed by atoms with Gasteiger partial charge in [-0.05, 0) is 20.3 Å². The predicted octanol–water partition coefficient (Wildman–Crippen LogP) is 13.3. The molecule has 0 fully saturated rings. The van der Waals surface area contributed by atoms with E-state index in [-0.39, 0.29) is 6.08 Å². The summed E-state index contributed by atoms with van der Waals surface area (Å²) < 4.78 is 446. The zero-order chi connectivity index (χ0) is 54.6. The summed E-state index contributed by atoms with van der Waals surface area (Å²) in [7, 11) is 0. The lowest BCUT2D eigenvalue weighted by Crippen LogP contribution is -2.74. The van der Waals surface area contributed by atoms with Gasteiger partial charge in [-0.1, -0.05) is 12.7 Å². The number of carbonyl (C=O) groups is 2. The SMILES string of the molecule is C=C(C)C(=O)OCCC(F)(F)C(F)(F)C(F)(F)C(F)(F)C(F)(F)C(F)(F)C(F)(F)C(F)(F)F.CC(=CCCC(F)(F)C(F)(F)C(F)(F)C(F)(F)C(F)(F)C(F)(F)C(F)(F)C(F)(F)F)C(=O)O. The van der Waals surface area contributed by atoms with Gasteiger partial charge in [-0.2, -0.15) is 149 Å². The van der Waals surface area contributed by atoms with Crippen molar-refractivity contribution in [2.45, 2.75) is 128 Å². The summed E-state index contributed by atoms with van der Waals surface area (Å²) in [5.74, 6) is -117.